The molecule has 0 bridgehead atoms. The second-order valence-corrected chi connectivity index (χ2v) is 4.36. The number of hydrogen-bond acceptors (Lipinski definition) is 2. The summed E-state index contributed by atoms with van der Waals surface area (Å²) in [4.78, 5) is 10.9. The molecule has 0 aliphatic heterocycles. The van der Waals surface area contributed by atoms with Crippen molar-refractivity contribution in [2.45, 2.75) is 73.6 Å². The minimum absolute atomic E-state index is 0.188. The average molecular weight is 261 g/mol. The van der Waals surface area contributed by atoms with E-state index in [-0.39, 0.29) is 5.91 Å². The zero-order chi connectivity index (χ0) is 14.8. The predicted octanol–water partition coefficient (Wildman–Crippen LogP) is 3.75. The first kappa shape index (κ1) is 22.6. The summed E-state index contributed by atoms with van der Waals surface area (Å²) in [6.07, 6.45) is 4.72. The molecule has 0 radical (unpaired) electrons. The third-order valence-electron chi connectivity index (χ3n) is 2.03. The molecule has 0 unspecified atom stereocenters. The third-order valence-corrected chi connectivity index (χ3v) is 2.03. The fourth-order valence-corrected chi connectivity index (χ4v) is 0.974. The highest BCUT2D eigenvalue weighted by Gasteiger charge is 1.98. The molecule has 0 aromatic carbocycles. The van der Waals surface area contributed by atoms with Crippen molar-refractivity contribution in [1.29, 1.82) is 0 Å². The predicted molar refractivity (Wildman–Crippen MR) is 80.7 cm³/mol. The van der Waals surface area contributed by atoms with Crippen LogP contribution >= 0.6 is 0 Å². The van der Waals surface area contributed by atoms with Crippen LogP contribution in [0.4, 0.5) is 0 Å². The van der Waals surface area contributed by atoms with Crippen LogP contribution in [0.15, 0.2) is 0 Å². The van der Waals surface area contributed by atoms with Gasteiger partial charge in [-0.15, -0.1) is 0 Å². The Morgan fingerprint density at radius 1 is 1.17 bits per heavy atom. The lowest BCUT2D eigenvalue weighted by Gasteiger charge is -2.05. The molecule has 1 amide bonds. The van der Waals surface area contributed by atoms with Crippen molar-refractivity contribution in [3.63, 3.8) is 0 Å². The van der Waals surface area contributed by atoms with Gasteiger partial charge in [-0.05, 0) is 25.2 Å². The van der Waals surface area contributed by atoms with E-state index >= 15 is 0 Å². The zero-order valence-corrected chi connectivity index (χ0v) is 13.4. The van der Waals surface area contributed by atoms with Crippen LogP contribution in [-0.4, -0.2) is 24.2 Å². The molecule has 2 N–H and O–H groups in total. The summed E-state index contributed by atoms with van der Waals surface area (Å²) in [5.74, 6) is 0.866. The second-order valence-electron chi connectivity index (χ2n) is 4.36. The molecule has 0 saturated carbocycles. The van der Waals surface area contributed by atoms with Gasteiger partial charge < -0.3 is 10.4 Å². The van der Waals surface area contributed by atoms with Crippen LogP contribution in [0.3, 0.4) is 0 Å². The van der Waals surface area contributed by atoms with E-state index in [9.17, 15) is 4.79 Å². The number of aliphatic hydroxyl groups excluding tert-OH is 1. The monoisotopic (exact) mass is 261 g/mol. The average Bonchev–Trinajstić information content (AvgIpc) is 2.33. The molecule has 0 rings (SSSR count). The zero-order valence-electron chi connectivity index (χ0n) is 13.4. The summed E-state index contributed by atoms with van der Waals surface area (Å²) in [5, 5.41) is 10.9. The van der Waals surface area contributed by atoms with Gasteiger partial charge in [-0.25, -0.2) is 0 Å². The topological polar surface area (TPSA) is 49.3 Å². The molecule has 0 saturated heterocycles. The van der Waals surface area contributed by atoms with Crippen LogP contribution in [0.2, 0.25) is 0 Å². The molecule has 0 aliphatic rings. The van der Waals surface area contributed by atoms with Crippen molar-refractivity contribution in [1.82, 2.24) is 5.32 Å². The van der Waals surface area contributed by atoms with Crippen LogP contribution in [0.25, 0.3) is 0 Å². The maximum Gasteiger partial charge on any atom is 0.219 e. The molecule has 0 heterocycles. The third kappa shape index (κ3) is 29.5. The lowest BCUT2D eigenvalue weighted by atomic mass is 10.1. The van der Waals surface area contributed by atoms with Crippen LogP contribution in [0.1, 0.15) is 73.6 Å². The Morgan fingerprint density at radius 2 is 1.72 bits per heavy atom. The van der Waals surface area contributed by atoms with Crippen molar-refractivity contribution >= 4 is 5.91 Å². The van der Waals surface area contributed by atoms with E-state index in [0.29, 0.717) is 18.9 Å². The summed E-state index contributed by atoms with van der Waals surface area (Å²) in [6, 6.07) is 0. The fourth-order valence-electron chi connectivity index (χ4n) is 0.974. The molecule has 0 aromatic heterocycles. The lowest BCUT2D eigenvalue weighted by Crippen LogP contribution is -2.24. The molecule has 0 aromatic rings. The van der Waals surface area contributed by atoms with E-state index in [1.807, 2.05) is 20.8 Å². The van der Waals surface area contributed by atoms with Gasteiger partial charge in [0.1, 0.15) is 0 Å². The maximum absolute atomic E-state index is 10.9. The number of amides is 1. The molecule has 0 fully saturated rings. The first-order valence-electron chi connectivity index (χ1n) is 7.45. The highest BCUT2D eigenvalue weighted by molar-refractivity contribution is 5.75. The second kappa shape index (κ2) is 21.7. The van der Waals surface area contributed by atoms with Crippen molar-refractivity contribution in [3.05, 3.63) is 0 Å². The SMILES string of the molecule is CC.CCCC(=O)NCCC(C)C.CCCCO. The summed E-state index contributed by atoms with van der Waals surface area (Å²) < 4.78 is 0. The normalized spacial score (nSPS) is 8.89. The molecule has 0 atom stereocenters. The Balaban J connectivity index is -0.000000270. The fraction of sp³-hybridized carbons (Fsp3) is 0.933. The molecule has 0 spiro atoms. The van der Waals surface area contributed by atoms with Gasteiger partial charge in [0, 0.05) is 19.6 Å². The van der Waals surface area contributed by atoms with Gasteiger partial charge in [0.25, 0.3) is 0 Å². The van der Waals surface area contributed by atoms with Crippen molar-refractivity contribution in [3.8, 4) is 0 Å². The number of hydrogen-bond donors (Lipinski definition) is 2. The summed E-state index contributed by atoms with van der Waals surface area (Å²) in [6.45, 7) is 13.6. The van der Waals surface area contributed by atoms with Gasteiger partial charge in [-0.1, -0.05) is 48.0 Å². The first-order valence-corrected chi connectivity index (χ1v) is 7.45. The highest BCUT2D eigenvalue weighted by Crippen LogP contribution is 1.96. The molecular weight excluding hydrogens is 226 g/mol. The van der Waals surface area contributed by atoms with E-state index in [1.54, 1.807) is 0 Å². The van der Waals surface area contributed by atoms with Gasteiger partial charge in [-0.3, -0.25) is 4.79 Å². The van der Waals surface area contributed by atoms with E-state index < -0.39 is 0 Å². The first-order chi connectivity index (χ1) is 8.58. The van der Waals surface area contributed by atoms with Crippen molar-refractivity contribution in [2.75, 3.05) is 13.2 Å². The highest BCUT2D eigenvalue weighted by atomic mass is 16.2. The minimum atomic E-state index is 0.188. The van der Waals surface area contributed by atoms with E-state index in [4.69, 9.17) is 5.11 Å². The molecule has 0 aliphatic carbocycles. The Bertz CT molecular complexity index is 145. The number of rotatable bonds is 7. The summed E-state index contributed by atoms with van der Waals surface area (Å²) in [7, 11) is 0. The Kier molecular flexibility index (Phi) is 27.2. The Labute approximate surface area is 114 Å². The van der Waals surface area contributed by atoms with Crippen molar-refractivity contribution in [2.24, 2.45) is 5.92 Å². The van der Waals surface area contributed by atoms with Gasteiger partial charge in [0.2, 0.25) is 5.91 Å². The molecule has 3 heteroatoms. The quantitative estimate of drug-likeness (QED) is 0.733. The lowest BCUT2D eigenvalue weighted by molar-refractivity contribution is -0.121. The van der Waals surface area contributed by atoms with E-state index in [2.05, 4.69) is 26.1 Å². The number of carbonyl (C=O) groups excluding carboxylic acids is 1. The molecule has 3 nitrogen and oxygen atoms in total. The summed E-state index contributed by atoms with van der Waals surface area (Å²) in [5.41, 5.74) is 0. The molecular formula is C15H35NO2. The standard InChI is InChI=1S/C9H19NO.C4H10O.C2H6/c1-4-5-9(11)10-7-6-8(2)3;1-2-3-4-5;1-2/h8H,4-7H2,1-3H3,(H,10,11);5H,2-4H2,1H3;1-2H3. The Morgan fingerprint density at radius 3 is 2.00 bits per heavy atom. The molecule has 112 valence electrons. The van der Waals surface area contributed by atoms with E-state index in [1.165, 1.54) is 0 Å². The molecule has 18 heavy (non-hydrogen) atoms. The van der Waals surface area contributed by atoms with Crippen LogP contribution in [0, 0.1) is 5.92 Å². The number of unbranched alkanes of at least 4 members (excludes halogenated alkanes) is 1. The Hall–Kier alpha value is -0.570. The maximum atomic E-state index is 10.9. The van der Waals surface area contributed by atoms with Crippen molar-refractivity contribution < 1.29 is 9.90 Å². The van der Waals surface area contributed by atoms with Gasteiger partial charge in [0.15, 0.2) is 0 Å². The number of aliphatic hydroxyl groups is 1. The number of nitrogens with one attached hydrogen (secondary N) is 1. The number of carbonyl (C=O) groups is 1. The largest absolute Gasteiger partial charge is 0.396 e. The van der Waals surface area contributed by atoms with Gasteiger partial charge in [-0.2, -0.15) is 0 Å². The van der Waals surface area contributed by atoms with E-state index in [0.717, 1.165) is 32.2 Å². The minimum Gasteiger partial charge on any atom is -0.396 e. The summed E-state index contributed by atoms with van der Waals surface area (Å²) >= 11 is 0. The smallest absolute Gasteiger partial charge is 0.219 e. The van der Waals surface area contributed by atoms with Gasteiger partial charge >= 0.3 is 0 Å². The van der Waals surface area contributed by atoms with Crippen LogP contribution < -0.4 is 5.32 Å². The van der Waals surface area contributed by atoms with Crippen LogP contribution in [0.5, 0.6) is 0 Å². The van der Waals surface area contributed by atoms with Crippen LogP contribution in [-0.2, 0) is 4.79 Å². The van der Waals surface area contributed by atoms with Gasteiger partial charge in [0.05, 0.1) is 0 Å².